The second-order valence-corrected chi connectivity index (χ2v) is 5.22. The number of nitrogens with zero attached hydrogens (tertiary/aromatic N) is 2. The van der Waals surface area contributed by atoms with Crippen molar-refractivity contribution in [3.05, 3.63) is 74.8 Å². The molecule has 1 N–H and O–H groups in total. The Bertz CT molecular complexity index is 769. The molecule has 2 rings (SSSR count). The summed E-state index contributed by atoms with van der Waals surface area (Å²) in [6, 6.07) is 12.1. The number of rotatable bonds is 5. The molecule has 6 nitrogen and oxygen atoms in total. The van der Waals surface area contributed by atoms with Crippen molar-refractivity contribution in [2.24, 2.45) is 5.10 Å². The Morgan fingerprint density at radius 1 is 1.26 bits per heavy atom. The molecule has 0 fully saturated rings. The molecule has 118 valence electrons. The SMILES string of the molecule is Cc1ccc(CC(=O)N/N=C/c2ccccc2[N+](=O)[O-])c(C)c1. The first-order valence-corrected chi connectivity index (χ1v) is 7.09. The van der Waals surface area contributed by atoms with Crippen molar-refractivity contribution in [1.82, 2.24) is 5.43 Å². The second-order valence-electron chi connectivity index (χ2n) is 5.22. The van der Waals surface area contributed by atoms with E-state index in [1.807, 2.05) is 32.0 Å². The standard InChI is InChI=1S/C17H17N3O3/c1-12-7-8-14(13(2)9-12)10-17(21)19-18-11-15-5-3-4-6-16(15)20(22)23/h3-9,11H,10H2,1-2H3,(H,19,21)/b18-11+. The summed E-state index contributed by atoms with van der Waals surface area (Å²) in [4.78, 5) is 22.3. The van der Waals surface area contributed by atoms with E-state index in [2.05, 4.69) is 10.5 Å². The van der Waals surface area contributed by atoms with Crippen LogP contribution in [0.15, 0.2) is 47.6 Å². The number of hydrogen-bond donors (Lipinski definition) is 1. The number of nitrogens with one attached hydrogen (secondary N) is 1. The van der Waals surface area contributed by atoms with Gasteiger partial charge in [0.1, 0.15) is 0 Å². The zero-order valence-electron chi connectivity index (χ0n) is 12.9. The highest BCUT2D eigenvalue weighted by Gasteiger charge is 2.10. The molecule has 0 radical (unpaired) electrons. The van der Waals surface area contributed by atoms with Gasteiger partial charge in [-0.05, 0) is 31.0 Å². The van der Waals surface area contributed by atoms with Gasteiger partial charge in [0, 0.05) is 6.07 Å². The van der Waals surface area contributed by atoms with Crippen molar-refractivity contribution in [2.75, 3.05) is 0 Å². The summed E-state index contributed by atoms with van der Waals surface area (Å²) in [5.41, 5.74) is 5.79. The highest BCUT2D eigenvalue weighted by molar-refractivity contribution is 5.87. The van der Waals surface area contributed by atoms with Gasteiger partial charge in [-0.1, -0.05) is 35.9 Å². The van der Waals surface area contributed by atoms with Crippen molar-refractivity contribution < 1.29 is 9.72 Å². The molecule has 0 saturated heterocycles. The number of nitro groups is 1. The highest BCUT2D eigenvalue weighted by atomic mass is 16.6. The molecule has 2 aromatic rings. The molecule has 0 aliphatic rings. The first-order chi connectivity index (χ1) is 11.0. The average Bonchev–Trinajstić information content (AvgIpc) is 2.50. The van der Waals surface area contributed by atoms with Crippen LogP contribution in [0.25, 0.3) is 0 Å². The van der Waals surface area contributed by atoms with Crippen molar-refractivity contribution in [1.29, 1.82) is 0 Å². The van der Waals surface area contributed by atoms with Gasteiger partial charge < -0.3 is 0 Å². The third kappa shape index (κ3) is 4.47. The smallest absolute Gasteiger partial charge is 0.273 e. The number of hydrogen-bond acceptors (Lipinski definition) is 4. The van der Waals surface area contributed by atoms with E-state index < -0.39 is 4.92 Å². The molecule has 0 unspecified atom stereocenters. The first-order valence-electron chi connectivity index (χ1n) is 7.09. The molecule has 6 heteroatoms. The molecular weight excluding hydrogens is 294 g/mol. The minimum Gasteiger partial charge on any atom is -0.273 e. The quantitative estimate of drug-likeness (QED) is 0.523. The van der Waals surface area contributed by atoms with Crippen molar-refractivity contribution in [3.63, 3.8) is 0 Å². The minimum absolute atomic E-state index is 0.0557. The Balaban J connectivity index is 2.00. The number of nitro benzene ring substituents is 1. The average molecular weight is 311 g/mol. The molecule has 0 aromatic heterocycles. The molecular formula is C17H17N3O3. The van der Waals surface area contributed by atoms with E-state index >= 15 is 0 Å². The molecule has 1 amide bonds. The third-order valence-electron chi connectivity index (χ3n) is 3.38. The zero-order valence-corrected chi connectivity index (χ0v) is 12.9. The van der Waals surface area contributed by atoms with Crippen LogP contribution in [0.5, 0.6) is 0 Å². The number of hydrazone groups is 1. The van der Waals surface area contributed by atoms with Crippen molar-refractivity contribution >= 4 is 17.8 Å². The number of carbonyl (C=O) groups is 1. The Labute approximate surface area is 134 Å². The normalized spacial score (nSPS) is 10.7. The van der Waals surface area contributed by atoms with Crippen molar-refractivity contribution in [3.8, 4) is 0 Å². The fourth-order valence-corrected chi connectivity index (χ4v) is 2.19. The molecule has 0 spiro atoms. The summed E-state index contributed by atoms with van der Waals surface area (Å²) in [5, 5.41) is 14.7. The number of para-hydroxylation sites is 1. The predicted octanol–water partition coefficient (Wildman–Crippen LogP) is 2.90. The van der Waals surface area contributed by atoms with E-state index in [1.165, 1.54) is 12.3 Å². The molecule has 0 heterocycles. The molecule has 2 aromatic carbocycles. The van der Waals surface area contributed by atoms with E-state index in [0.717, 1.165) is 16.7 Å². The lowest BCUT2D eigenvalue weighted by Gasteiger charge is -2.05. The van der Waals surface area contributed by atoms with Crippen LogP contribution >= 0.6 is 0 Å². The largest absolute Gasteiger partial charge is 0.278 e. The van der Waals surface area contributed by atoms with E-state index in [1.54, 1.807) is 18.2 Å². The lowest BCUT2D eigenvalue weighted by Crippen LogP contribution is -2.20. The summed E-state index contributed by atoms with van der Waals surface area (Å²) in [6.07, 6.45) is 1.48. The number of aryl methyl sites for hydroxylation is 2. The van der Waals surface area contributed by atoms with Gasteiger partial charge in [-0.25, -0.2) is 5.43 Å². The van der Waals surface area contributed by atoms with E-state index in [4.69, 9.17) is 0 Å². The summed E-state index contributed by atoms with van der Waals surface area (Å²) >= 11 is 0. The number of carbonyl (C=O) groups excluding carboxylic acids is 1. The second kappa shape index (κ2) is 7.31. The Morgan fingerprint density at radius 2 is 2.00 bits per heavy atom. The maximum atomic E-state index is 11.9. The van der Waals surface area contributed by atoms with Crippen molar-refractivity contribution in [2.45, 2.75) is 20.3 Å². The lowest BCUT2D eigenvalue weighted by atomic mass is 10.0. The van der Waals surface area contributed by atoms with Crippen LogP contribution in [0.2, 0.25) is 0 Å². The molecule has 0 atom stereocenters. The van der Waals surface area contributed by atoms with Gasteiger partial charge in [-0.3, -0.25) is 14.9 Å². The molecule has 0 saturated carbocycles. The van der Waals surface area contributed by atoms with Gasteiger partial charge in [-0.2, -0.15) is 5.10 Å². The van der Waals surface area contributed by atoms with E-state index in [9.17, 15) is 14.9 Å². The first kappa shape index (κ1) is 16.4. The fraction of sp³-hybridized carbons (Fsp3) is 0.176. The van der Waals surface area contributed by atoms with Crippen LogP contribution in [0.1, 0.15) is 22.3 Å². The van der Waals surface area contributed by atoms with Gasteiger partial charge in [-0.15, -0.1) is 0 Å². The monoisotopic (exact) mass is 311 g/mol. The maximum absolute atomic E-state index is 11.9. The topological polar surface area (TPSA) is 84.6 Å². The minimum atomic E-state index is -0.487. The summed E-state index contributed by atoms with van der Waals surface area (Å²) in [6.45, 7) is 3.94. The van der Waals surface area contributed by atoms with E-state index in [0.29, 0.717) is 5.56 Å². The molecule has 0 aliphatic heterocycles. The highest BCUT2D eigenvalue weighted by Crippen LogP contribution is 2.15. The van der Waals surface area contributed by atoms with Gasteiger partial charge in [0.25, 0.3) is 5.69 Å². The Morgan fingerprint density at radius 3 is 2.70 bits per heavy atom. The molecule has 0 aliphatic carbocycles. The van der Waals surface area contributed by atoms with Crippen LogP contribution < -0.4 is 5.43 Å². The van der Waals surface area contributed by atoms with Gasteiger partial charge in [0.2, 0.25) is 5.91 Å². The summed E-state index contributed by atoms with van der Waals surface area (Å²) in [5.74, 6) is -0.271. The fourth-order valence-electron chi connectivity index (χ4n) is 2.19. The van der Waals surface area contributed by atoms with Crippen LogP contribution in [0, 0.1) is 24.0 Å². The van der Waals surface area contributed by atoms with Gasteiger partial charge in [0.15, 0.2) is 0 Å². The molecule has 23 heavy (non-hydrogen) atoms. The zero-order chi connectivity index (χ0) is 16.8. The number of benzene rings is 2. The van der Waals surface area contributed by atoms with E-state index in [-0.39, 0.29) is 18.0 Å². The maximum Gasteiger partial charge on any atom is 0.278 e. The summed E-state index contributed by atoms with van der Waals surface area (Å²) in [7, 11) is 0. The predicted molar refractivity (Wildman–Crippen MR) is 88.5 cm³/mol. The summed E-state index contributed by atoms with van der Waals surface area (Å²) < 4.78 is 0. The van der Waals surface area contributed by atoms with Crippen LogP contribution in [-0.2, 0) is 11.2 Å². The number of amides is 1. The van der Waals surface area contributed by atoms with Gasteiger partial charge >= 0.3 is 0 Å². The van der Waals surface area contributed by atoms with Crippen LogP contribution in [-0.4, -0.2) is 17.0 Å². The van der Waals surface area contributed by atoms with Crippen LogP contribution in [0.4, 0.5) is 5.69 Å². The van der Waals surface area contributed by atoms with Gasteiger partial charge in [0.05, 0.1) is 23.1 Å². The molecule has 0 bridgehead atoms. The lowest BCUT2D eigenvalue weighted by molar-refractivity contribution is -0.385. The Kier molecular flexibility index (Phi) is 5.19. The Hall–Kier alpha value is -3.02. The third-order valence-corrected chi connectivity index (χ3v) is 3.38. The van der Waals surface area contributed by atoms with Crippen LogP contribution in [0.3, 0.4) is 0 Å².